The summed E-state index contributed by atoms with van der Waals surface area (Å²) < 4.78 is 7.33. The Hall–Kier alpha value is -1.60. The molecule has 0 spiro atoms. The lowest BCUT2D eigenvalue weighted by molar-refractivity contribution is -0.203. The van der Waals surface area contributed by atoms with Gasteiger partial charge in [0, 0.05) is 0 Å². The minimum Gasteiger partial charge on any atom is -0.490 e. The molecule has 11 atom stereocenters. The zero-order chi connectivity index (χ0) is 26.5. The van der Waals surface area contributed by atoms with Crippen LogP contribution in [-0.4, -0.2) is 49.9 Å². The second-order valence-electron chi connectivity index (χ2n) is 13.5. The number of rotatable bonds is 8. The molecule has 0 bridgehead atoms. The van der Waals surface area contributed by atoms with Crippen LogP contribution in [0, 0.1) is 52.3 Å². The molecule has 0 unspecified atom stereocenters. The number of aliphatic carboxylic acids is 1. The Labute approximate surface area is 222 Å². The number of ether oxygens (including phenoxy) is 1. The number of carboxylic acids is 1. The van der Waals surface area contributed by atoms with Gasteiger partial charge in [-0.15, -0.1) is 0 Å². The van der Waals surface area contributed by atoms with E-state index in [0.29, 0.717) is 53.8 Å². The van der Waals surface area contributed by atoms with Crippen LogP contribution in [0.2, 0.25) is 0 Å². The summed E-state index contributed by atoms with van der Waals surface area (Å²) in [6, 6.07) is 0. The Balaban J connectivity index is 1.26. The van der Waals surface area contributed by atoms with Gasteiger partial charge < -0.3 is 20.1 Å². The zero-order valence-electron chi connectivity index (χ0n) is 23.2. The maximum absolute atomic E-state index is 11.9. The fourth-order valence-electron chi connectivity index (χ4n) is 10.1. The minimum absolute atomic E-state index is 0.158. The van der Waals surface area contributed by atoms with Gasteiger partial charge in [0.1, 0.15) is 6.54 Å². The lowest BCUT2D eigenvalue weighted by Gasteiger charge is -2.64. The van der Waals surface area contributed by atoms with Crippen LogP contribution in [-0.2, 0) is 11.3 Å². The summed E-state index contributed by atoms with van der Waals surface area (Å²) in [5.74, 6) is 3.13. The van der Waals surface area contributed by atoms with Gasteiger partial charge in [-0.05, 0) is 104 Å². The van der Waals surface area contributed by atoms with Crippen molar-refractivity contribution in [3.63, 3.8) is 0 Å². The Bertz CT molecular complexity index is 966. The normalized spacial score (nSPS) is 43.9. The van der Waals surface area contributed by atoms with E-state index < -0.39 is 5.97 Å². The first-order chi connectivity index (χ1) is 17.6. The summed E-state index contributed by atoms with van der Waals surface area (Å²) in [5, 5.41) is 35.4. The average molecular weight is 517 g/mol. The van der Waals surface area contributed by atoms with Crippen molar-refractivity contribution in [2.45, 2.75) is 104 Å². The van der Waals surface area contributed by atoms with E-state index in [2.05, 4.69) is 32.8 Å². The zero-order valence-corrected chi connectivity index (χ0v) is 23.2. The quantitative estimate of drug-likeness (QED) is 0.449. The Morgan fingerprint density at radius 1 is 1.14 bits per heavy atom. The fourth-order valence-corrected chi connectivity index (χ4v) is 10.1. The largest absolute Gasteiger partial charge is 0.490 e. The number of aliphatic hydroxyl groups excluding tert-OH is 2. The van der Waals surface area contributed by atoms with Crippen LogP contribution in [0.3, 0.4) is 0 Å². The Morgan fingerprint density at radius 2 is 1.86 bits per heavy atom. The Morgan fingerprint density at radius 3 is 2.59 bits per heavy atom. The molecule has 208 valence electrons. The number of aromatic nitrogens is 2. The molecule has 37 heavy (non-hydrogen) atoms. The third kappa shape index (κ3) is 4.62. The van der Waals surface area contributed by atoms with Crippen LogP contribution >= 0.6 is 0 Å². The standard InChI is InChI=1S/C30H48N2O5/c1-5-21-25-14-19(33)8-11-30(25,4)24-9-12-29(3)22(6-7-23(29)27(24)28(21)36)18(2)10-13-37-20-15-31-32(16-20)17-26(34)35/h15-16,18-19,21-25,27-28,33,36H,5-14,17H2,1-4H3,(H,34,35)/t18-,19-,21-,22-,23+,24+,25+,27+,28-,29-,30-/m1/s1. The molecule has 0 aromatic carbocycles. The molecule has 1 aromatic heterocycles. The van der Waals surface area contributed by atoms with Crippen molar-refractivity contribution in [2.24, 2.45) is 52.3 Å². The number of hydrogen-bond acceptors (Lipinski definition) is 5. The monoisotopic (exact) mass is 516 g/mol. The van der Waals surface area contributed by atoms with Gasteiger partial charge in [0.05, 0.1) is 31.2 Å². The second-order valence-corrected chi connectivity index (χ2v) is 13.5. The van der Waals surface area contributed by atoms with E-state index in [4.69, 9.17) is 9.84 Å². The first-order valence-electron chi connectivity index (χ1n) is 14.8. The van der Waals surface area contributed by atoms with Crippen molar-refractivity contribution < 1.29 is 24.9 Å². The van der Waals surface area contributed by atoms with Gasteiger partial charge in [0.2, 0.25) is 0 Å². The molecule has 1 heterocycles. The highest BCUT2D eigenvalue weighted by molar-refractivity contribution is 5.66. The van der Waals surface area contributed by atoms with Gasteiger partial charge in [-0.2, -0.15) is 5.10 Å². The molecule has 0 amide bonds. The molecule has 4 fully saturated rings. The Kier molecular flexibility index (Phi) is 7.42. The summed E-state index contributed by atoms with van der Waals surface area (Å²) in [4.78, 5) is 10.9. The number of carboxylic acid groups (broad SMARTS) is 1. The molecule has 7 heteroatoms. The summed E-state index contributed by atoms with van der Waals surface area (Å²) in [7, 11) is 0. The van der Waals surface area contributed by atoms with E-state index in [9.17, 15) is 15.0 Å². The van der Waals surface area contributed by atoms with E-state index in [1.165, 1.54) is 30.4 Å². The molecular weight excluding hydrogens is 468 g/mol. The first-order valence-corrected chi connectivity index (χ1v) is 14.8. The van der Waals surface area contributed by atoms with Crippen LogP contribution in [0.25, 0.3) is 0 Å². The maximum Gasteiger partial charge on any atom is 0.325 e. The molecule has 7 nitrogen and oxygen atoms in total. The molecule has 0 aliphatic heterocycles. The predicted molar refractivity (Wildman–Crippen MR) is 141 cm³/mol. The van der Waals surface area contributed by atoms with Crippen molar-refractivity contribution in [2.75, 3.05) is 6.61 Å². The second kappa shape index (κ2) is 10.2. The highest BCUT2D eigenvalue weighted by atomic mass is 16.5. The van der Waals surface area contributed by atoms with E-state index in [1.807, 2.05) is 0 Å². The van der Waals surface area contributed by atoms with Crippen LogP contribution in [0.15, 0.2) is 12.4 Å². The van der Waals surface area contributed by atoms with Crippen molar-refractivity contribution in [1.29, 1.82) is 0 Å². The topological polar surface area (TPSA) is 105 Å². The molecule has 0 saturated heterocycles. The van der Waals surface area contributed by atoms with Gasteiger partial charge in [-0.25, -0.2) is 0 Å². The third-order valence-electron chi connectivity index (χ3n) is 11.9. The van der Waals surface area contributed by atoms with Crippen molar-refractivity contribution in [3.8, 4) is 5.75 Å². The lowest BCUT2D eigenvalue weighted by atomic mass is 9.41. The fraction of sp³-hybridized carbons (Fsp3) is 0.867. The average Bonchev–Trinajstić information content (AvgIpc) is 3.43. The highest BCUT2D eigenvalue weighted by Crippen LogP contribution is 2.69. The smallest absolute Gasteiger partial charge is 0.325 e. The van der Waals surface area contributed by atoms with Gasteiger partial charge in [0.15, 0.2) is 5.75 Å². The van der Waals surface area contributed by atoms with E-state index in [-0.39, 0.29) is 29.6 Å². The number of aliphatic hydroxyl groups is 2. The lowest BCUT2D eigenvalue weighted by Crippen LogP contribution is -2.62. The van der Waals surface area contributed by atoms with E-state index in [1.54, 1.807) is 12.4 Å². The molecular formula is C30H48N2O5. The molecule has 1 aromatic rings. The van der Waals surface area contributed by atoms with Crippen LogP contribution in [0.1, 0.15) is 85.5 Å². The summed E-state index contributed by atoms with van der Waals surface area (Å²) >= 11 is 0. The molecule has 0 radical (unpaired) electrons. The number of nitrogens with zero attached hydrogens (tertiary/aromatic N) is 2. The predicted octanol–water partition coefficient (Wildman–Crippen LogP) is 5.00. The van der Waals surface area contributed by atoms with Gasteiger partial charge in [-0.1, -0.05) is 34.1 Å². The maximum atomic E-state index is 11.9. The van der Waals surface area contributed by atoms with Crippen molar-refractivity contribution in [1.82, 2.24) is 9.78 Å². The molecule has 5 rings (SSSR count). The van der Waals surface area contributed by atoms with Crippen LogP contribution in [0.5, 0.6) is 5.75 Å². The molecule has 3 N–H and O–H groups in total. The summed E-state index contributed by atoms with van der Waals surface area (Å²) in [5.41, 5.74) is 0.497. The van der Waals surface area contributed by atoms with Crippen molar-refractivity contribution >= 4 is 5.97 Å². The highest BCUT2D eigenvalue weighted by Gasteiger charge is 2.64. The number of fused-ring (bicyclic) bond motifs is 5. The third-order valence-corrected chi connectivity index (χ3v) is 11.9. The number of hydrogen-bond donors (Lipinski definition) is 3. The van der Waals surface area contributed by atoms with Crippen LogP contribution < -0.4 is 4.74 Å². The van der Waals surface area contributed by atoms with E-state index >= 15 is 0 Å². The molecule has 4 aliphatic rings. The van der Waals surface area contributed by atoms with Crippen LogP contribution in [0.4, 0.5) is 0 Å². The minimum atomic E-state index is -0.916. The summed E-state index contributed by atoms with van der Waals surface area (Å²) in [6.45, 7) is 10.1. The molecule has 4 aliphatic carbocycles. The number of carbonyl (C=O) groups is 1. The van der Waals surface area contributed by atoms with Crippen molar-refractivity contribution in [3.05, 3.63) is 12.4 Å². The summed E-state index contributed by atoms with van der Waals surface area (Å²) in [6.07, 6.45) is 12.5. The van der Waals surface area contributed by atoms with E-state index in [0.717, 1.165) is 32.1 Å². The van der Waals surface area contributed by atoms with Gasteiger partial charge in [-0.3, -0.25) is 9.48 Å². The SMILES string of the molecule is CC[C@H]1[C@@H](O)[C@@H]2[C@H](CC[C@]3(C)[C@@H]([C@H](C)CCOc4cnn(CC(=O)O)c4)CC[C@@H]23)[C@@]2(C)CC[C@@H](O)C[C@@H]12. The van der Waals surface area contributed by atoms with Gasteiger partial charge in [0.25, 0.3) is 0 Å². The van der Waals surface area contributed by atoms with Gasteiger partial charge >= 0.3 is 5.97 Å². The molecule has 4 saturated carbocycles. The first kappa shape index (κ1) is 27.0.